The molecule has 0 radical (unpaired) electrons. The van der Waals surface area contributed by atoms with E-state index in [0.29, 0.717) is 17.0 Å². The molecule has 0 spiro atoms. The molecule has 13 heavy (non-hydrogen) atoms. The minimum absolute atomic E-state index is 0.169. The molecule has 0 fully saturated rings. The van der Waals surface area contributed by atoms with Crippen LogP contribution in [0.3, 0.4) is 0 Å². The smallest absolute Gasteiger partial charge is 0.134 e. The number of hydrogen-bond donors (Lipinski definition) is 2. The fraction of sp³-hybridized carbons (Fsp3) is 0.200. The van der Waals surface area contributed by atoms with Gasteiger partial charge in [-0.3, -0.25) is 0 Å². The molecule has 1 aromatic carbocycles. The van der Waals surface area contributed by atoms with Crippen LogP contribution in [0.5, 0.6) is 5.75 Å². The lowest BCUT2D eigenvalue weighted by molar-refractivity contribution is 0.350. The van der Waals surface area contributed by atoms with Crippen molar-refractivity contribution in [2.24, 2.45) is 0 Å². The number of aliphatic hydroxyl groups excluding tert-OH is 1. The van der Waals surface area contributed by atoms with Crippen LogP contribution < -0.4 is 10.5 Å². The lowest BCUT2D eigenvalue weighted by Gasteiger charge is -2.03. The van der Waals surface area contributed by atoms with Crippen LogP contribution in [0.15, 0.2) is 18.2 Å². The number of ether oxygens (including phenoxy) is 1. The summed E-state index contributed by atoms with van der Waals surface area (Å²) in [5.41, 5.74) is 6.89. The van der Waals surface area contributed by atoms with Crippen LogP contribution in [0.25, 0.3) is 0 Å². The van der Waals surface area contributed by atoms with Gasteiger partial charge in [0, 0.05) is 5.69 Å². The van der Waals surface area contributed by atoms with Crippen LogP contribution in [0, 0.1) is 11.8 Å². The van der Waals surface area contributed by atoms with Gasteiger partial charge in [0.15, 0.2) is 0 Å². The highest BCUT2D eigenvalue weighted by molar-refractivity contribution is 5.54. The summed E-state index contributed by atoms with van der Waals surface area (Å²) in [6.07, 6.45) is 0. The molecule has 3 nitrogen and oxygen atoms in total. The number of nitrogen functional groups attached to an aromatic ring is 1. The fourth-order valence-corrected chi connectivity index (χ4v) is 0.958. The third-order valence-corrected chi connectivity index (χ3v) is 1.53. The lowest BCUT2D eigenvalue weighted by Crippen LogP contribution is -1.91. The van der Waals surface area contributed by atoms with E-state index in [1.54, 1.807) is 25.3 Å². The molecule has 0 unspecified atom stereocenters. The van der Waals surface area contributed by atoms with Crippen molar-refractivity contribution < 1.29 is 9.84 Å². The number of anilines is 1. The van der Waals surface area contributed by atoms with E-state index in [9.17, 15) is 0 Å². The highest BCUT2D eigenvalue weighted by atomic mass is 16.5. The van der Waals surface area contributed by atoms with Crippen LogP contribution in [0.2, 0.25) is 0 Å². The molecule has 0 aliphatic rings. The largest absolute Gasteiger partial charge is 0.495 e. The molecule has 0 heterocycles. The van der Waals surface area contributed by atoms with Crippen molar-refractivity contribution in [2.45, 2.75) is 0 Å². The van der Waals surface area contributed by atoms with E-state index in [0.717, 1.165) is 0 Å². The summed E-state index contributed by atoms with van der Waals surface area (Å²) in [5, 5.41) is 8.51. The van der Waals surface area contributed by atoms with Crippen molar-refractivity contribution in [2.75, 3.05) is 19.5 Å². The predicted molar refractivity (Wildman–Crippen MR) is 51.4 cm³/mol. The van der Waals surface area contributed by atoms with E-state index in [-0.39, 0.29) is 6.61 Å². The Morgan fingerprint density at radius 3 is 2.92 bits per heavy atom. The molecular formula is C10H11NO2. The Morgan fingerprint density at radius 1 is 1.54 bits per heavy atom. The van der Waals surface area contributed by atoms with Crippen LogP contribution >= 0.6 is 0 Å². The minimum atomic E-state index is -0.169. The average Bonchev–Trinajstić information content (AvgIpc) is 2.15. The van der Waals surface area contributed by atoms with E-state index in [2.05, 4.69) is 11.8 Å². The first-order valence-corrected chi connectivity index (χ1v) is 3.81. The highest BCUT2D eigenvalue weighted by Crippen LogP contribution is 2.19. The van der Waals surface area contributed by atoms with Gasteiger partial charge in [-0.25, -0.2) is 0 Å². The standard InChI is InChI=1S/C10H11NO2/c1-13-10-5-4-9(11)7-8(10)3-2-6-12/h4-5,7,12H,6,11H2,1H3. The normalized spacial score (nSPS) is 8.77. The van der Waals surface area contributed by atoms with Crippen molar-refractivity contribution in [3.05, 3.63) is 23.8 Å². The molecule has 0 bridgehead atoms. The topological polar surface area (TPSA) is 55.5 Å². The Labute approximate surface area is 77.1 Å². The van der Waals surface area contributed by atoms with Crippen molar-refractivity contribution in [1.29, 1.82) is 0 Å². The van der Waals surface area contributed by atoms with E-state index in [1.807, 2.05) is 0 Å². The van der Waals surface area contributed by atoms with Gasteiger partial charge in [-0.05, 0) is 18.2 Å². The van der Waals surface area contributed by atoms with Crippen molar-refractivity contribution >= 4 is 5.69 Å². The average molecular weight is 177 g/mol. The molecule has 0 aliphatic heterocycles. The summed E-state index contributed by atoms with van der Waals surface area (Å²) in [4.78, 5) is 0. The van der Waals surface area contributed by atoms with Crippen LogP contribution in [-0.4, -0.2) is 18.8 Å². The minimum Gasteiger partial charge on any atom is -0.495 e. The second-order valence-corrected chi connectivity index (χ2v) is 2.42. The van der Waals surface area contributed by atoms with Gasteiger partial charge in [0.2, 0.25) is 0 Å². The molecule has 0 saturated heterocycles. The van der Waals surface area contributed by atoms with Crippen LogP contribution in [0.4, 0.5) is 5.69 Å². The molecule has 1 rings (SSSR count). The number of rotatable bonds is 1. The maximum atomic E-state index is 8.51. The monoisotopic (exact) mass is 177 g/mol. The van der Waals surface area contributed by atoms with Gasteiger partial charge in [0.05, 0.1) is 12.7 Å². The Hall–Kier alpha value is -1.66. The summed E-state index contributed by atoms with van der Waals surface area (Å²) in [5.74, 6) is 5.95. The third kappa shape index (κ3) is 2.39. The first kappa shape index (κ1) is 9.43. The second kappa shape index (κ2) is 4.39. The van der Waals surface area contributed by atoms with Crippen molar-refractivity contribution in [3.63, 3.8) is 0 Å². The molecule has 0 aliphatic carbocycles. The van der Waals surface area contributed by atoms with E-state index < -0.39 is 0 Å². The number of aliphatic hydroxyl groups is 1. The molecular weight excluding hydrogens is 166 g/mol. The van der Waals surface area contributed by atoms with Gasteiger partial charge in [-0.15, -0.1) is 0 Å². The summed E-state index contributed by atoms with van der Waals surface area (Å²) >= 11 is 0. The molecule has 1 aromatic rings. The van der Waals surface area contributed by atoms with Crippen molar-refractivity contribution in [1.82, 2.24) is 0 Å². The zero-order valence-corrected chi connectivity index (χ0v) is 7.37. The van der Waals surface area contributed by atoms with Crippen LogP contribution in [0.1, 0.15) is 5.56 Å². The Balaban J connectivity index is 3.08. The van der Waals surface area contributed by atoms with Gasteiger partial charge in [0.1, 0.15) is 12.4 Å². The third-order valence-electron chi connectivity index (χ3n) is 1.53. The summed E-state index contributed by atoms with van der Waals surface area (Å²) in [6, 6.07) is 5.20. The van der Waals surface area contributed by atoms with Crippen molar-refractivity contribution in [3.8, 4) is 17.6 Å². The Morgan fingerprint density at radius 2 is 2.31 bits per heavy atom. The highest BCUT2D eigenvalue weighted by Gasteiger charge is 1.98. The zero-order chi connectivity index (χ0) is 9.68. The first-order valence-electron chi connectivity index (χ1n) is 3.81. The number of hydrogen-bond acceptors (Lipinski definition) is 3. The summed E-state index contributed by atoms with van der Waals surface area (Å²) in [7, 11) is 1.57. The second-order valence-electron chi connectivity index (χ2n) is 2.42. The molecule has 3 heteroatoms. The van der Waals surface area contributed by atoms with Gasteiger partial charge in [-0.2, -0.15) is 0 Å². The maximum Gasteiger partial charge on any atom is 0.134 e. The van der Waals surface area contributed by atoms with Crippen LogP contribution in [-0.2, 0) is 0 Å². The molecule has 3 N–H and O–H groups in total. The quantitative estimate of drug-likeness (QED) is 0.488. The molecule has 0 amide bonds. The fourth-order valence-electron chi connectivity index (χ4n) is 0.958. The Bertz CT molecular complexity index is 350. The number of methoxy groups -OCH3 is 1. The number of benzene rings is 1. The summed E-state index contributed by atoms with van der Waals surface area (Å²) in [6.45, 7) is -0.169. The summed E-state index contributed by atoms with van der Waals surface area (Å²) < 4.78 is 5.06. The lowest BCUT2D eigenvalue weighted by atomic mass is 10.2. The molecule has 68 valence electrons. The van der Waals surface area contributed by atoms with E-state index >= 15 is 0 Å². The van der Waals surface area contributed by atoms with Gasteiger partial charge < -0.3 is 15.6 Å². The van der Waals surface area contributed by atoms with E-state index in [1.165, 1.54) is 0 Å². The first-order chi connectivity index (χ1) is 6.27. The van der Waals surface area contributed by atoms with Gasteiger partial charge in [0.25, 0.3) is 0 Å². The Kier molecular flexibility index (Phi) is 3.18. The van der Waals surface area contributed by atoms with E-state index in [4.69, 9.17) is 15.6 Å². The molecule has 0 saturated carbocycles. The van der Waals surface area contributed by atoms with Gasteiger partial charge >= 0.3 is 0 Å². The van der Waals surface area contributed by atoms with Gasteiger partial charge in [-0.1, -0.05) is 11.8 Å². The SMILES string of the molecule is COc1ccc(N)cc1C#CCO. The maximum absolute atomic E-state index is 8.51. The predicted octanol–water partition coefficient (Wildman–Crippen LogP) is 0.621. The number of nitrogens with two attached hydrogens (primary N) is 1. The zero-order valence-electron chi connectivity index (χ0n) is 7.37. The molecule has 0 atom stereocenters. The molecule has 0 aromatic heterocycles.